The molecule has 1 saturated carbocycles. The SMILES string of the molecule is Cc1ccc(F)cc1NCC[C@@H]1CNCCN1C(=O)c1ncn([C@@H]2CCCC[C@]2(C)O)c1-c1ccccc1. The van der Waals surface area contributed by atoms with Crippen LogP contribution in [-0.2, 0) is 0 Å². The van der Waals surface area contributed by atoms with Gasteiger partial charge in [-0.2, -0.15) is 0 Å². The van der Waals surface area contributed by atoms with Crippen LogP contribution >= 0.6 is 0 Å². The van der Waals surface area contributed by atoms with Crippen LogP contribution in [0.1, 0.15) is 61.1 Å². The highest BCUT2D eigenvalue weighted by atomic mass is 19.1. The van der Waals surface area contributed by atoms with E-state index in [1.807, 2.05) is 53.6 Å². The molecule has 2 heterocycles. The zero-order valence-electron chi connectivity index (χ0n) is 22.3. The van der Waals surface area contributed by atoms with Crippen LogP contribution in [0.15, 0.2) is 54.9 Å². The van der Waals surface area contributed by atoms with Gasteiger partial charge in [-0.05, 0) is 50.8 Å². The molecule has 0 bridgehead atoms. The summed E-state index contributed by atoms with van der Waals surface area (Å²) in [4.78, 5) is 20.7. The van der Waals surface area contributed by atoms with Gasteiger partial charge in [-0.25, -0.2) is 9.37 Å². The lowest BCUT2D eigenvalue weighted by molar-refractivity contribution is -0.0243. The first-order valence-electron chi connectivity index (χ1n) is 13.7. The molecule has 5 rings (SSSR count). The molecule has 2 fully saturated rings. The summed E-state index contributed by atoms with van der Waals surface area (Å²) in [6.45, 7) is 6.46. The number of benzene rings is 2. The van der Waals surface area contributed by atoms with Crippen molar-refractivity contribution in [3.8, 4) is 11.3 Å². The van der Waals surface area contributed by atoms with Crippen molar-refractivity contribution in [1.82, 2.24) is 19.8 Å². The summed E-state index contributed by atoms with van der Waals surface area (Å²) in [5, 5.41) is 18.0. The molecular weight excluding hydrogens is 481 g/mol. The quantitative estimate of drug-likeness (QED) is 0.419. The minimum absolute atomic E-state index is 0.0239. The van der Waals surface area contributed by atoms with E-state index in [1.165, 1.54) is 12.1 Å². The number of rotatable bonds is 7. The minimum atomic E-state index is -0.860. The number of halogens is 1. The third-order valence-electron chi connectivity index (χ3n) is 8.11. The van der Waals surface area contributed by atoms with E-state index in [1.54, 1.807) is 12.4 Å². The predicted octanol–water partition coefficient (Wildman–Crippen LogP) is 4.78. The number of carbonyl (C=O) groups excluding carboxylic acids is 1. The lowest BCUT2D eigenvalue weighted by atomic mass is 9.81. The number of nitrogens with one attached hydrogen (secondary N) is 2. The molecule has 0 unspecified atom stereocenters. The average molecular weight is 520 g/mol. The molecule has 3 N–H and O–H groups in total. The molecule has 38 heavy (non-hydrogen) atoms. The van der Waals surface area contributed by atoms with Gasteiger partial charge in [-0.1, -0.05) is 49.2 Å². The van der Waals surface area contributed by atoms with Gasteiger partial charge in [0.2, 0.25) is 0 Å². The molecule has 2 aromatic carbocycles. The molecule has 0 radical (unpaired) electrons. The first kappa shape index (κ1) is 26.4. The Balaban J connectivity index is 1.41. The Kier molecular flexibility index (Phi) is 7.81. The molecule has 8 heteroatoms. The van der Waals surface area contributed by atoms with Crippen LogP contribution < -0.4 is 10.6 Å². The van der Waals surface area contributed by atoms with Gasteiger partial charge in [0.15, 0.2) is 5.69 Å². The smallest absolute Gasteiger partial charge is 0.275 e. The number of piperazine rings is 1. The predicted molar refractivity (Wildman–Crippen MR) is 148 cm³/mol. The molecule has 2 aliphatic rings. The number of anilines is 1. The molecule has 1 aliphatic carbocycles. The summed E-state index contributed by atoms with van der Waals surface area (Å²) in [6, 6.07) is 14.5. The largest absolute Gasteiger partial charge is 0.388 e. The summed E-state index contributed by atoms with van der Waals surface area (Å²) in [5.74, 6) is -0.360. The van der Waals surface area contributed by atoms with Crippen molar-refractivity contribution < 1.29 is 14.3 Å². The zero-order valence-corrected chi connectivity index (χ0v) is 22.3. The van der Waals surface area contributed by atoms with Gasteiger partial charge < -0.3 is 25.2 Å². The summed E-state index contributed by atoms with van der Waals surface area (Å²) in [6.07, 6.45) is 6.06. The fourth-order valence-corrected chi connectivity index (χ4v) is 5.95. The second-order valence-electron chi connectivity index (χ2n) is 10.9. The maximum absolute atomic E-state index is 14.1. The van der Waals surface area contributed by atoms with Gasteiger partial charge in [-0.3, -0.25) is 4.79 Å². The summed E-state index contributed by atoms with van der Waals surface area (Å²) in [7, 11) is 0. The summed E-state index contributed by atoms with van der Waals surface area (Å²) in [5.41, 5.74) is 3.02. The fourth-order valence-electron chi connectivity index (χ4n) is 5.95. The van der Waals surface area contributed by atoms with Crippen molar-refractivity contribution >= 4 is 11.6 Å². The van der Waals surface area contributed by atoms with E-state index in [-0.39, 0.29) is 23.8 Å². The number of hydrogen-bond acceptors (Lipinski definition) is 5. The van der Waals surface area contributed by atoms with Gasteiger partial charge in [-0.15, -0.1) is 0 Å². The Morgan fingerprint density at radius 1 is 1.24 bits per heavy atom. The van der Waals surface area contributed by atoms with E-state index in [4.69, 9.17) is 0 Å². The number of carbonyl (C=O) groups is 1. The summed E-state index contributed by atoms with van der Waals surface area (Å²) < 4.78 is 15.8. The van der Waals surface area contributed by atoms with Crippen LogP contribution in [-0.4, -0.2) is 63.3 Å². The van der Waals surface area contributed by atoms with Crippen molar-refractivity contribution in [2.45, 2.75) is 63.6 Å². The monoisotopic (exact) mass is 519 g/mol. The van der Waals surface area contributed by atoms with Crippen molar-refractivity contribution in [1.29, 1.82) is 0 Å². The first-order chi connectivity index (χ1) is 18.3. The number of aliphatic hydroxyl groups is 1. The Hall–Kier alpha value is -3.23. The second kappa shape index (κ2) is 11.3. The van der Waals surface area contributed by atoms with Crippen molar-refractivity contribution in [3.05, 3.63) is 71.9 Å². The third-order valence-corrected chi connectivity index (χ3v) is 8.11. The van der Waals surface area contributed by atoms with Gasteiger partial charge in [0.1, 0.15) is 5.82 Å². The molecule has 1 amide bonds. The number of amides is 1. The van der Waals surface area contributed by atoms with E-state index >= 15 is 0 Å². The van der Waals surface area contributed by atoms with Gasteiger partial charge >= 0.3 is 0 Å². The van der Waals surface area contributed by atoms with Crippen LogP contribution in [0.4, 0.5) is 10.1 Å². The van der Waals surface area contributed by atoms with Gasteiger partial charge in [0.25, 0.3) is 5.91 Å². The van der Waals surface area contributed by atoms with Crippen LogP contribution in [0.25, 0.3) is 11.3 Å². The maximum atomic E-state index is 14.1. The molecule has 1 aliphatic heterocycles. The van der Waals surface area contributed by atoms with Crippen LogP contribution in [0, 0.1) is 12.7 Å². The van der Waals surface area contributed by atoms with Crippen LogP contribution in [0.2, 0.25) is 0 Å². The first-order valence-corrected chi connectivity index (χ1v) is 13.7. The number of hydrogen-bond donors (Lipinski definition) is 3. The molecule has 1 aromatic heterocycles. The molecule has 3 aromatic rings. The Bertz CT molecular complexity index is 1260. The number of imidazole rings is 1. The van der Waals surface area contributed by atoms with Crippen molar-refractivity contribution in [3.63, 3.8) is 0 Å². The number of nitrogens with zero attached hydrogens (tertiary/aromatic N) is 3. The Morgan fingerprint density at radius 3 is 2.84 bits per heavy atom. The summed E-state index contributed by atoms with van der Waals surface area (Å²) >= 11 is 0. The lowest BCUT2D eigenvalue weighted by Crippen LogP contribution is -2.54. The highest BCUT2D eigenvalue weighted by molar-refractivity contribution is 5.98. The topological polar surface area (TPSA) is 82.4 Å². The lowest BCUT2D eigenvalue weighted by Gasteiger charge is -2.39. The van der Waals surface area contributed by atoms with E-state index in [2.05, 4.69) is 15.6 Å². The van der Waals surface area contributed by atoms with E-state index in [0.717, 1.165) is 54.7 Å². The molecule has 3 atom stereocenters. The zero-order chi connectivity index (χ0) is 26.7. The average Bonchev–Trinajstić information content (AvgIpc) is 3.35. The number of aromatic nitrogens is 2. The van der Waals surface area contributed by atoms with Crippen LogP contribution in [0.5, 0.6) is 0 Å². The van der Waals surface area contributed by atoms with Crippen LogP contribution in [0.3, 0.4) is 0 Å². The van der Waals surface area contributed by atoms with Gasteiger partial charge in [0.05, 0.1) is 23.7 Å². The second-order valence-corrected chi connectivity index (χ2v) is 10.9. The van der Waals surface area contributed by atoms with E-state index in [9.17, 15) is 14.3 Å². The third kappa shape index (κ3) is 5.47. The highest BCUT2D eigenvalue weighted by Crippen LogP contribution is 2.40. The van der Waals surface area contributed by atoms with Crippen molar-refractivity contribution in [2.24, 2.45) is 0 Å². The molecular formula is C30H38FN5O2. The molecule has 1 saturated heterocycles. The van der Waals surface area contributed by atoms with Gasteiger partial charge in [0, 0.05) is 43.5 Å². The highest BCUT2D eigenvalue weighted by Gasteiger charge is 2.39. The van der Waals surface area contributed by atoms with E-state index in [0.29, 0.717) is 31.7 Å². The molecule has 7 nitrogen and oxygen atoms in total. The normalized spacial score (nSPS) is 23.8. The molecule has 0 spiro atoms. The standard InChI is InChI=1S/C30H38FN5O2/c1-21-11-12-23(31)18-25(21)33-15-13-24-19-32-16-17-35(24)29(37)27-28(22-8-4-3-5-9-22)36(20-34-27)26-10-6-7-14-30(26,2)38/h3-5,8-9,11-12,18,20,24,26,32-33,38H,6-7,10,13-17,19H2,1-2H3/t24-,26-,30+/m1/s1. The molecule has 202 valence electrons. The van der Waals surface area contributed by atoms with E-state index < -0.39 is 5.60 Å². The number of aryl methyl sites for hydroxylation is 1. The minimum Gasteiger partial charge on any atom is -0.388 e. The Morgan fingerprint density at radius 2 is 2.05 bits per heavy atom. The van der Waals surface area contributed by atoms with Crippen molar-refractivity contribution in [2.75, 3.05) is 31.5 Å². The Labute approximate surface area is 224 Å². The maximum Gasteiger partial charge on any atom is 0.275 e. The fraction of sp³-hybridized carbons (Fsp3) is 0.467.